The maximum atomic E-state index is 12.1. The highest BCUT2D eigenvalue weighted by atomic mass is 16.5. The summed E-state index contributed by atoms with van der Waals surface area (Å²) in [6.45, 7) is 8.60. The molecule has 0 spiro atoms. The highest BCUT2D eigenvalue weighted by Crippen LogP contribution is 2.24. The summed E-state index contributed by atoms with van der Waals surface area (Å²) in [6.07, 6.45) is 2.68. The third kappa shape index (κ3) is 5.80. The zero-order chi connectivity index (χ0) is 17.4. The Hall–Kier alpha value is -1.59. The molecule has 0 saturated heterocycles. The molecule has 1 aliphatic rings. The van der Waals surface area contributed by atoms with E-state index in [4.69, 9.17) is 10.5 Å². The van der Waals surface area contributed by atoms with Gasteiger partial charge in [0.05, 0.1) is 0 Å². The molecule has 0 radical (unpaired) electrons. The van der Waals surface area contributed by atoms with Crippen LogP contribution in [0.15, 0.2) is 24.3 Å². The molecule has 0 heterocycles. The van der Waals surface area contributed by atoms with Gasteiger partial charge >= 0.3 is 0 Å². The fourth-order valence-corrected chi connectivity index (χ4v) is 3.12. The molecule has 2 unspecified atom stereocenters. The molecule has 0 aliphatic heterocycles. The summed E-state index contributed by atoms with van der Waals surface area (Å²) in [5, 5.41) is 3.01. The molecule has 2 atom stereocenters. The number of likely N-dealkylation sites (N-methyl/N-ethyl adjacent to an activating group) is 1. The minimum Gasteiger partial charge on any atom is -0.492 e. The second-order valence-corrected chi connectivity index (χ2v) is 6.51. The predicted octanol–water partition coefficient (Wildman–Crippen LogP) is 2.15. The van der Waals surface area contributed by atoms with Gasteiger partial charge in [-0.3, -0.25) is 4.79 Å². The molecule has 2 rings (SSSR count). The topological polar surface area (TPSA) is 67.6 Å². The van der Waals surface area contributed by atoms with Crippen LogP contribution in [0, 0.1) is 5.92 Å². The minimum atomic E-state index is 0.0858. The van der Waals surface area contributed by atoms with Crippen molar-refractivity contribution in [3.8, 4) is 5.75 Å². The largest absolute Gasteiger partial charge is 0.492 e. The Balaban J connectivity index is 1.70. The standard InChI is InChI=1S/C19H31N3O2/c1-3-22(4-2)11-12-24-18-9-5-15(6-10-18)14-21-19(23)16-7-8-17(20)13-16/h5-6,9-10,16-17H,3-4,7-8,11-14,20H2,1-2H3,(H,21,23). The van der Waals surface area contributed by atoms with Crippen LogP contribution in [-0.2, 0) is 11.3 Å². The number of nitrogens with two attached hydrogens (primary N) is 1. The summed E-state index contributed by atoms with van der Waals surface area (Å²) in [5.74, 6) is 1.09. The summed E-state index contributed by atoms with van der Waals surface area (Å²) in [6, 6.07) is 8.14. The maximum absolute atomic E-state index is 12.1. The number of carbonyl (C=O) groups is 1. The summed E-state index contributed by atoms with van der Waals surface area (Å²) in [5.41, 5.74) is 6.95. The van der Waals surface area contributed by atoms with Crippen LogP contribution in [0.1, 0.15) is 38.7 Å². The van der Waals surface area contributed by atoms with Gasteiger partial charge in [-0.05, 0) is 50.0 Å². The molecule has 3 N–H and O–H groups in total. The molecule has 24 heavy (non-hydrogen) atoms. The normalized spacial score (nSPS) is 20.3. The van der Waals surface area contributed by atoms with Crippen molar-refractivity contribution < 1.29 is 9.53 Å². The number of nitrogens with zero attached hydrogens (tertiary/aromatic N) is 1. The Morgan fingerprint density at radius 2 is 1.96 bits per heavy atom. The smallest absolute Gasteiger partial charge is 0.223 e. The van der Waals surface area contributed by atoms with Crippen LogP contribution in [0.3, 0.4) is 0 Å². The monoisotopic (exact) mass is 333 g/mol. The fraction of sp³-hybridized carbons (Fsp3) is 0.632. The lowest BCUT2D eigenvalue weighted by atomic mass is 10.1. The lowest BCUT2D eigenvalue weighted by Gasteiger charge is -2.18. The average Bonchev–Trinajstić information content (AvgIpc) is 3.04. The predicted molar refractivity (Wildman–Crippen MR) is 96.9 cm³/mol. The molecular weight excluding hydrogens is 302 g/mol. The van der Waals surface area contributed by atoms with Gasteiger partial charge in [0.2, 0.25) is 5.91 Å². The summed E-state index contributed by atoms with van der Waals surface area (Å²) in [7, 11) is 0. The van der Waals surface area contributed by atoms with E-state index in [0.717, 1.165) is 50.2 Å². The van der Waals surface area contributed by atoms with Crippen molar-refractivity contribution in [2.75, 3.05) is 26.2 Å². The third-order valence-corrected chi connectivity index (χ3v) is 4.80. The molecule has 1 aliphatic carbocycles. The molecule has 0 aromatic heterocycles. The van der Waals surface area contributed by atoms with Gasteiger partial charge < -0.3 is 20.7 Å². The Kier molecular flexibility index (Phi) is 7.53. The van der Waals surface area contributed by atoms with Crippen LogP contribution in [0.25, 0.3) is 0 Å². The number of carbonyl (C=O) groups excluding carboxylic acids is 1. The molecule has 134 valence electrons. The van der Waals surface area contributed by atoms with Crippen molar-refractivity contribution in [2.24, 2.45) is 11.7 Å². The Morgan fingerprint density at radius 3 is 2.54 bits per heavy atom. The van der Waals surface area contributed by atoms with Crippen LogP contribution in [0.4, 0.5) is 0 Å². The first-order valence-corrected chi connectivity index (χ1v) is 9.09. The number of amides is 1. The van der Waals surface area contributed by atoms with Crippen molar-refractivity contribution in [2.45, 2.75) is 45.7 Å². The van der Waals surface area contributed by atoms with Crippen molar-refractivity contribution in [3.05, 3.63) is 29.8 Å². The third-order valence-electron chi connectivity index (χ3n) is 4.80. The highest BCUT2D eigenvalue weighted by molar-refractivity contribution is 5.79. The zero-order valence-corrected chi connectivity index (χ0v) is 15.0. The molecule has 1 aromatic rings. The van der Waals surface area contributed by atoms with Gasteiger partial charge in [0.15, 0.2) is 0 Å². The molecule has 1 saturated carbocycles. The molecule has 5 nitrogen and oxygen atoms in total. The number of nitrogens with one attached hydrogen (secondary N) is 1. The Labute approximate surface area is 145 Å². The van der Waals surface area contributed by atoms with Gasteiger partial charge in [0, 0.05) is 25.0 Å². The van der Waals surface area contributed by atoms with Gasteiger partial charge in [-0.1, -0.05) is 26.0 Å². The lowest BCUT2D eigenvalue weighted by molar-refractivity contribution is -0.125. The fourth-order valence-electron chi connectivity index (χ4n) is 3.12. The quantitative estimate of drug-likeness (QED) is 0.727. The number of hydrogen-bond donors (Lipinski definition) is 2. The van der Waals surface area contributed by atoms with Crippen LogP contribution < -0.4 is 15.8 Å². The number of hydrogen-bond acceptors (Lipinski definition) is 4. The Morgan fingerprint density at radius 1 is 1.25 bits per heavy atom. The van der Waals surface area contributed by atoms with Gasteiger partial charge in [-0.15, -0.1) is 0 Å². The van der Waals surface area contributed by atoms with E-state index >= 15 is 0 Å². The van der Waals surface area contributed by atoms with Crippen LogP contribution >= 0.6 is 0 Å². The average molecular weight is 333 g/mol. The van der Waals surface area contributed by atoms with Gasteiger partial charge in [0.1, 0.15) is 12.4 Å². The van der Waals surface area contributed by atoms with Crippen molar-refractivity contribution in [3.63, 3.8) is 0 Å². The minimum absolute atomic E-state index is 0.0858. The van der Waals surface area contributed by atoms with Gasteiger partial charge in [-0.2, -0.15) is 0 Å². The van der Waals surface area contributed by atoms with Gasteiger partial charge in [0.25, 0.3) is 0 Å². The summed E-state index contributed by atoms with van der Waals surface area (Å²) >= 11 is 0. The second kappa shape index (κ2) is 9.64. The first kappa shape index (κ1) is 18.7. The molecule has 1 fully saturated rings. The van der Waals surface area contributed by atoms with E-state index < -0.39 is 0 Å². The maximum Gasteiger partial charge on any atom is 0.223 e. The van der Waals surface area contributed by atoms with Gasteiger partial charge in [-0.25, -0.2) is 0 Å². The van der Waals surface area contributed by atoms with Crippen molar-refractivity contribution in [1.29, 1.82) is 0 Å². The first-order valence-electron chi connectivity index (χ1n) is 9.09. The zero-order valence-electron chi connectivity index (χ0n) is 15.0. The molecular formula is C19H31N3O2. The van der Waals surface area contributed by atoms with Crippen LogP contribution in [0.5, 0.6) is 5.75 Å². The van der Waals surface area contributed by atoms with Crippen molar-refractivity contribution in [1.82, 2.24) is 10.2 Å². The van der Waals surface area contributed by atoms with E-state index in [9.17, 15) is 4.79 Å². The summed E-state index contributed by atoms with van der Waals surface area (Å²) < 4.78 is 5.77. The van der Waals surface area contributed by atoms with E-state index in [0.29, 0.717) is 13.2 Å². The first-order chi connectivity index (χ1) is 11.6. The highest BCUT2D eigenvalue weighted by Gasteiger charge is 2.27. The van der Waals surface area contributed by atoms with Crippen molar-refractivity contribution >= 4 is 5.91 Å². The van der Waals surface area contributed by atoms with E-state index in [1.807, 2.05) is 24.3 Å². The number of benzene rings is 1. The van der Waals surface area contributed by atoms with E-state index in [-0.39, 0.29) is 17.9 Å². The molecule has 1 aromatic carbocycles. The number of rotatable bonds is 9. The summed E-state index contributed by atoms with van der Waals surface area (Å²) in [4.78, 5) is 14.4. The molecule has 1 amide bonds. The Bertz CT molecular complexity index is 500. The number of ether oxygens (including phenoxy) is 1. The SMILES string of the molecule is CCN(CC)CCOc1ccc(CNC(=O)C2CCC(N)C2)cc1. The van der Waals surface area contributed by atoms with E-state index in [1.54, 1.807) is 0 Å². The van der Waals surface area contributed by atoms with Crippen LogP contribution in [-0.4, -0.2) is 43.1 Å². The van der Waals surface area contributed by atoms with E-state index in [1.165, 1.54) is 0 Å². The second-order valence-electron chi connectivity index (χ2n) is 6.51. The lowest BCUT2D eigenvalue weighted by Crippen LogP contribution is -2.30. The van der Waals surface area contributed by atoms with E-state index in [2.05, 4.69) is 24.1 Å². The van der Waals surface area contributed by atoms with Crippen LogP contribution in [0.2, 0.25) is 0 Å². The molecule has 5 heteroatoms. The molecule has 0 bridgehead atoms.